The minimum Gasteiger partial charge on any atom is -0.493 e. The Morgan fingerprint density at radius 1 is 1.14 bits per heavy atom. The number of anilines is 1. The van der Waals surface area contributed by atoms with Crippen LogP contribution >= 0.6 is 0 Å². The maximum atomic E-state index is 12.4. The van der Waals surface area contributed by atoms with E-state index in [-0.39, 0.29) is 6.61 Å². The normalized spacial score (nSPS) is 11.3. The predicted octanol–water partition coefficient (Wildman–Crippen LogP) is 3.99. The fraction of sp³-hybridized carbons (Fsp3) is 0.304. The first-order valence-corrected chi connectivity index (χ1v) is 9.32. The van der Waals surface area contributed by atoms with Gasteiger partial charge < -0.3 is 19.5 Å². The van der Waals surface area contributed by atoms with Crippen molar-refractivity contribution < 1.29 is 23.8 Å². The molecule has 154 valence electrons. The summed E-state index contributed by atoms with van der Waals surface area (Å²) in [4.78, 5) is 24.5. The molecule has 0 fully saturated rings. The minimum absolute atomic E-state index is 0.335. The van der Waals surface area contributed by atoms with Crippen LogP contribution < -0.4 is 14.8 Å². The number of carbonyl (C=O) groups excluding carboxylic acids is 2. The van der Waals surface area contributed by atoms with Gasteiger partial charge in [0.05, 0.1) is 7.11 Å². The molecular weight excluding hydrogens is 370 g/mol. The summed E-state index contributed by atoms with van der Waals surface area (Å²) in [5, 5.41) is 2.81. The Hall–Kier alpha value is -3.28. The van der Waals surface area contributed by atoms with Crippen LogP contribution in [0, 0.1) is 13.8 Å². The molecule has 6 heteroatoms. The van der Waals surface area contributed by atoms with Crippen molar-refractivity contribution in [3.05, 3.63) is 65.7 Å². The van der Waals surface area contributed by atoms with E-state index in [0.29, 0.717) is 17.9 Å². The van der Waals surface area contributed by atoms with Gasteiger partial charge in [0.1, 0.15) is 0 Å². The first-order valence-electron chi connectivity index (χ1n) is 9.32. The van der Waals surface area contributed by atoms with Crippen molar-refractivity contribution in [1.29, 1.82) is 0 Å². The minimum atomic E-state index is -0.957. The van der Waals surface area contributed by atoms with E-state index in [1.165, 1.54) is 14.0 Å². The topological polar surface area (TPSA) is 73.9 Å². The first kappa shape index (κ1) is 22.0. The van der Waals surface area contributed by atoms with Crippen LogP contribution in [-0.4, -0.2) is 31.7 Å². The van der Waals surface area contributed by atoms with Gasteiger partial charge in [0.2, 0.25) is 0 Å². The number of allylic oxidation sites excluding steroid dienone is 1. The summed E-state index contributed by atoms with van der Waals surface area (Å²) in [6.45, 7) is 8.70. The number of methoxy groups -OCH3 is 1. The number of nitrogens with one attached hydrogen (secondary N) is 1. The van der Waals surface area contributed by atoms with E-state index in [4.69, 9.17) is 14.2 Å². The number of amides is 1. The highest BCUT2D eigenvalue weighted by Gasteiger charge is 2.20. The average Bonchev–Trinajstić information content (AvgIpc) is 2.69. The number of ether oxygens (including phenoxy) is 3. The summed E-state index contributed by atoms with van der Waals surface area (Å²) >= 11 is 0. The van der Waals surface area contributed by atoms with Crippen LogP contribution in [0.4, 0.5) is 5.69 Å². The summed E-state index contributed by atoms with van der Waals surface area (Å²) in [6, 6.07) is 11.1. The largest absolute Gasteiger partial charge is 0.493 e. The van der Waals surface area contributed by atoms with Crippen molar-refractivity contribution in [2.45, 2.75) is 33.3 Å². The maximum absolute atomic E-state index is 12.4. The van der Waals surface area contributed by atoms with Crippen molar-refractivity contribution >= 4 is 17.6 Å². The summed E-state index contributed by atoms with van der Waals surface area (Å²) in [5.74, 6) is -0.114. The van der Waals surface area contributed by atoms with E-state index in [1.54, 1.807) is 12.1 Å². The van der Waals surface area contributed by atoms with Crippen molar-refractivity contribution in [1.82, 2.24) is 0 Å². The molecule has 1 N–H and O–H groups in total. The number of hydrogen-bond acceptors (Lipinski definition) is 5. The number of benzene rings is 2. The van der Waals surface area contributed by atoms with Crippen LogP contribution in [0.2, 0.25) is 0 Å². The number of esters is 1. The quantitative estimate of drug-likeness (QED) is 0.512. The third kappa shape index (κ3) is 6.10. The number of rotatable bonds is 9. The zero-order chi connectivity index (χ0) is 21.4. The molecule has 2 rings (SSSR count). The Kier molecular flexibility index (Phi) is 7.83. The molecule has 0 heterocycles. The van der Waals surface area contributed by atoms with E-state index >= 15 is 0 Å². The molecule has 0 aliphatic rings. The van der Waals surface area contributed by atoms with Crippen LogP contribution in [0.3, 0.4) is 0 Å². The van der Waals surface area contributed by atoms with Gasteiger partial charge in [-0.25, -0.2) is 4.79 Å². The van der Waals surface area contributed by atoms with Gasteiger partial charge in [-0.05, 0) is 56.0 Å². The Bertz CT molecular complexity index is 871. The summed E-state index contributed by atoms with van der Waals surface area (Å²) in [5.41, 5.74) is 3.61. The Labute approximate surface area is 171 Å². The lowest BCUT2D eigenvalue weighted by Crippen LogP contribution is -2.32. The van der Waals surface area contributed by atoms with Crippen molar-refractivity contribution in [2.24, 2.45) is 0 Å². The van der Waals surface area contributed by atoms with Crippen LogP contribution in [0.5, 0.6) is 11.5 Å². The van der Waals surface area contributed by atoms with Crippen LogP contribution in [0.1, 0.15) is 23.6 Å². The fourth-order valence-corrected chi connectivity index (χ4v) is 2.78. The first-order chi connectivity index (χ1) is 13.8. The van der Waals surface area contributed by atoms with E-state index < -0.39 is 18.0 Å². The van der Waals surface area contributed by atoms with Crippen molar-refractivity contribution in [3.63, 3.8) is 0 Å². The van der Waals surface area contributed by atoms with Crippen LogP contribution in [-0.2, 0) is 20.7 Å². The zero-order valence-corrected chi connectivity index (χ0v) is 17.3. The standard InChI is InChI=1S/C23H27NO5/c1-6-8-18-11-12-19(20(13-18)27-5)28-14-21(25)29-17(4)23(26)24-22-15(2)9-7-10-16(22)3/h6-7,9-13,17H,1,8,14H2,2-5H3,(H,24,26)/t17-/m1/s1. The Balaban J connectivity index is 1.91. The van der Waals surface area contributed by atoms with Crippen LogP contribution in [0.25, 0.3) is 0 Å². The Morgan fingerprint density at radius 3 is 2.45 bits per heavy atom. The van der Waals surface area contributed by atoms with Gasteiger partial charge in [0.25, 0.3) is 5.91 Å². The third-order valence-corrected chi connectivity index (χ3v) is 4.36. The molecule has 2 aromatic carbocycles. The second kappa shape index (κ2) is 10.3. The summed E-state index contributed by atoms with van der Waals surface area (Å²) in [7, 11) is 1.53. The molecule has 0 saturated heterocycles. The molecule has 1 atom stereocenters. The van der Waals surface area contributed by atoms with Gasteiger partial charge in [0.15, 0.2) is 24.2 Å². The molecule has 2 aromatic rings. The summed E-state index contributed by atoms with van der Waals surface area (Å²) in [6.07, 6.45) is 1.53. The SMILES string of the molecule is C=CCc1ccc(OCC(=O)O[C@H](C)C(=O)Nc2c(C)cccc2C)c(OC)c1. The molecule has 0 radical (unpaired) electrons. The van der Waals surface area contributed by atoms with Crippen molar-refractivity contribution in [3.8, 4) is 11.5 Å². The molecule has 0 spiro atoms. The molecular formula is C23H27NO5. The lowest BCUT2D eigenvalue weighted by Gasteiger charge is -2.17. The van der Waals surface area contributed by atoms with Gasteiger partial charge >= 0.3 is 5.97 Å². The second-order valence-electron chi connectivity index (χ2n) is 6.65. The number of para-hydroxylation sites is 1. The highest BCUT2D eigenvalue weighted by atomic mass is 16.6. The van der Waals surface area contributed by atoms with Gasteiger partial charge in [-0.2, -0.15) is 0 Å². The maximum Gasteiger partial charge on any atom is 0.344 e. The lowest BCUT2D eigenvalue weighted by atomic mass is 10.1. The monoisotopic (exact) mass is 397 g/mol. The Morgan fingerprint density at radius 2 is 1.83 bits per heavy atom. The molecule has 0 aliphatic carbocycles. The van der Waals surface area contributed by atoms with E-state index in [0.717, 1.165) is 22.4 Å². The number of aryl methyl sites for hydroxylation is 2. The highest BCUT2D eigenvalue weighted by molar-refractivity contribution is 5.96. The van der Waals surface area contributed by atoms with Crippen LogP contribution in [0.15, 0.2) is 49.1 Å². The third-order valence-electron chi connectivity index (χ3n) is 4.36. The predicted molar refractivity (Wildman–Crippen MR) is 112 cm³/mol. The molecule has 1 amide bonds. The molecule has 0 aromatic heterocycles. The molecule has 0 saturated carbocycles. The van der Waals surface area contributed by atoms with Gasteiger partial charge in [-0.1, -0.05) is 30.3 Å². The molecule has 6 nitrogen and oxygen atoms in total. The van der Waals surface area contributed by atoms with Gasteiger partial charge in [0, 0.05) is 5.69 Å². The zero-order valence-electron chi connectivity index (χ0n) is 17.3. The number of carbonyl (C=O) groups is 2. The van der Waals surface area contributed by atoms with Gasteiger partial charge in [-0.15, -0.1) is 6.58 Å². The van der Waals surface area contributed by atoms with Gasteiger partial charge in [-0.3, -0.25) is 4.79 Å². The van der Waals surface area contributed by atoms with E-state index in [2.05, 4.69) is 11.9 Å². The van der Waals surface area contributed by atoms with Crippen molar-refractivity contribution in [2.75, 3.05) is 19.0 Å². The lowest BCUT2D eigenvalue weighted by molar-refractivity contribution is -0.155. The molecule has 0 bridgehead atoms. The highest BCUT2D eigenvalue weighted by Crippen LogP contribution is 2.28. The summed E-state index contributed by atoms with van der Waals surface area (Å²) < 4.78 is 16.0. The van der Waals surface area contributed by atoms with E-state index in [9.17, 15) is 9.59 Å². The average molecular weight is 397 g/mol. The molecule has 0 unspecified atom stereocenters. The van der Waals surface area contributed by atoms with E-state index in [1.807, 2.05) is 44.2 Å². The number of hydrogen-bond donors (Lipinski definition) is 1. The molecule has 29 heavy (non-hydrogen) atoms. The smallest absolute Gasteiger partial charge is 0.344 e. The second-order valence-corrected chi connectivity index (χ2v) is 6.65. The fourth-order valence-electron chi connectivity index (χ4n) is 2.78. The molecule has 0 aliphatic heterocycles.